The van der Waals surface area contributed by atoms with Crippen LogP contribution in [0.3, 0.4) is 0 Å². The monoisotopic (exact) mass is 348 g/mol. The Morgan fingerprint density at radius 2 is 1.26 bits per heavy atom. The fraction of sp³-hybridized carbons (Fsp3) is 0.600. The zero-order chi connectivity index (χ0) is 14.6. The minimum atomic E-state index is -0.955. The van der Waals surface area contributed by atoms with Gasteiger partial charge in [0.1, 0.15) is 12.1 Å². The molecule has 0 rings (SSSR count). The maximum absolute atomic E-state index is 10.1. The van der Waals surface area contributed by atoms with Gasteiger partial charge in [-0.3, -0.25) is 9.98 Å². The van der Waals surface area contributed by atoms with Crippen LogP contribution in [0.25, 0.3) is 0 Å². The van der Waals surface area contributed by atoms with Crippen molar-refractivity contribution in [2.45, 2.75) is 25.9 Å². The molecular formula is C10H16FeN2O4S2. The summed E-state index contributed by atoms with van der Waals surface area (Å²) in [7, 11) is 0. The van der Waals surface area contributed by atoms with E-state index >= 15 is 0 Å². The van der Waals surface area contributed by atoms with Gasteiger partial charge in [0.05, 0.1) is 0 Å². The van der Waals surface area contributed by atoms with Crippen molar-refractivity contribution in [3.8, 4) is 0 Å². The van der Waals surface area contributed by atoms with Crippen molar-refractivity contribution in [3.63, 3.8) is 0 Å². The predicted octanol–water partition coefficient (Wildman–Crippen LogP) is 0.152. The number of nitrogens with zero attached hydrogens (tertiary/aromatic N) is 2. The molecule has 0 aromatic rings. The van der Waals surface area contributed by atoms with Crippen LogP contribution in [0.4, 0.5) is 0 Å². The molecule has 0 radical (unpaired) electrons. The first-order valence-corrected chi connectivity index (χ1v) is 6.17. The van der Waals surface area contributed by atoms with E-state index < -0.39 is 24.0 Å². The van der Waals surface area contributed by atoms with Gasteiger partial charge < -0.3 is 35.5 Å². The first kappa shape index (κ1) is 23.6. The number of carboxylic acids is 2. The van der Waals surface area contributed by atoms with Gasteiger partial charge in [0, 0.05) is 0 Å². The summed E-state index contributed by atoms with van der Waals surface area (Å²) in [6.07, 6.45) is 2.90. The molecule has 110 valence electrons. The van der Waals surface area contributed by atoms with E-state index in [1.807, 2.05) is 0 Å². The molecule has 6 nitrogen and oxygen atoms in total. The largest absolute Gasteiger partial charge is 2.00 e. The first-order chi connectivity index (χ1) is 8.44. The van der Waals surface area contributed by atoms with Crippen LogP contribution in [0.5, 0.6) is 0 Å². The molecule has 0 spiro atoms. The Morgan fingerprint density at radius 1 is 1.00 bits per heavy atom. The summed E-state index contributed by atoms with van der Waals surface area (Å²) in [5.74, 6) is -1.63. The van der Waals surface area contributed by atoms with Crippen molar-refractivity contribution in [1.82, 2.24) is 0 Å². The van der Waals surface area contributed by atoms with Gasteiger partial charge in [-0.1, -0.05) is 0 Å². The van der Waals surface area contributed by atoms with Crippen molar-refractivity contribution >= 4 is 49.6 Å². The van der Waals surface area contributed by atoms with Gasteiger partial charge in [-0.05, 0) is 26.3 Å². The number of aliphatic carboxylic acids is 2. The molecule has 0 bridgehead atoms. The molecule has 0 aromatic heterocycles. The minimum Gasteiger partial charge on any atom is -0.790 e. The van der Waals surface area contributed by atoms with Crippen LogP contribution in [-0.4, -0.2) is 58.2 Å². The summed E-state index contributed by atoms with van der Waals surface area (Å²) in [5, 5.41) is 16.6. The van der Waals surface area contributed by atoms with E-state index in [9.17, 15) is 9.59 Å². The van der Waals surface area contributed by atoms with Crippen molar-refractivity contribution < 1.29 is 36.9 Å². The molecule has 0 aliphatic heterocycles. The molecule has 0 aliphatic rings. The number of hydrogen-bond donors (Lipinski definition) is 2. The second-order valence-corrected chi connectivity index (χ2v) is 3.52. The third-order valence-corrected chi connectivity index (χ3v) is 2.18. The molecule has 2 unspecified atom stereocenters. The average molecular weight is 348 g/mol. The van der Waals surface area contributed by atoms with E-state index in [1.54, 1.807) is 13.8 Å². The van der Waals surface area contributed by atoms with Crippen LogP contribution in [0.15, 0.2) is 9.98 Å². The molecule has 2 atom stereocenters. The number of carbonyl (C=O) groups is 2. The summed E-state index contributed by atoms with van der Waals surface area (Å²) in [6, 6.07) is -1.46. The SMILES string of the molecule is CC=NC(C[S-])C(=O)O.CC=NC(C[S-])C(=O)O.[Fe+2]. The quantitative estimate of drug-likeness (QED) is 0.403. The summed E-state index contributed by atoms with van der Waals surface area (Å²) < 4.78 is 0. The number of aliphatic imine (C=N–C) groups is 2. The molecular weight excluding hydrogens is 332 g/mol. The Bertz CT molecular complexity index is 284. The van der Waals surface area contributed by atoms with Gasteiger partial charge in [-0.15, -0.1) is 11.5 Å². The smallest absolute Gasteiger partial charge is 0.790 e. The van der Waals surface area contributed by atoms with Gasteiger partial charge in [0.15, 0.2) is 0 Å². The summed E-state index contributed by atoms with van der Waals surface area (Å²) in [5.41, 5.74) is 0. The van der Waals surface area contributed by atoms with Crippen molar-refractivity contribution in [2.24, 2.45) is 9.98 Å². The number of carboxylic acid groups (broad SMARTS) is 2. The third kappa shape index (κ3) is 13.7. The maximum atomic E-state index is 10.1. The Labute approximate surface area is 134 Å². The molecule has 19 heavy (non-hydrogen) atoms. The van der Waals surface area contributed by atoms with E-state index in [0.717, 1.165) is 0 Å². The first-order valence-electron chi connectivity index (χ1n) is 5.01. The van der Waals surface area contributed by atoms with E-state index in [0.29, 0.717) is 0 Å². The Morgan fingerprint density at radius 3 is 1.32 bits per heavy atom. The molecule has 0 saturated carbocycles. The summed E-state index contributed by atoms with van der Waals surface area (Å²) >= 11 is 9.04. The molecule has 2 N–H and O–H groups in total. The molecule has 0 amide bonds. The predicted molar refractivity (Wildman–Crippen MR) is 75.6 cm³/mol. The van der Waals surface area contributed by atoms with Crippen molar-refractivity contribution in [3.05, 3.63) is 0 Å². The summed E-state index contributed by atoms with van der Waals surface area (Å²) in [4.78, 5) is 27.5. The zero-order valence-electron chi connectivity index (χ0n) is 10.5. The molecule has 0 heterocycles. The van der Waals surface area contributed by atoms with E-state index in [4.69, 9.17) is 10.2 Å². The third-order valence-electron chi connectivity index (χ3n) is 1.54. The maximum Gasteiger partial charge on any atom is 2.00 e. The normalized spacial score (nSPS) is 13.3. The number of rotatable bonds is 6. The topological polar surface area (TPSA) is 99.3 Å². The van der Waals surface area contributed by atoms with Gasteiger partial charge >= 0.3 is 29.0 Å². The fourth-order valence-corrected chi connectivity index (χ4v) is 1.17. The second-order valence-electron chi connectivity index (χ2n) is 2.86. The Kier molecular flexibility index (Phi) is 19.3. The minimum absolute atomic E-state index is 0. The van der Waals surface area contributed by atoms with E-state index in [1.165, 1.54) is 12.4 Å². The van der Waals surface area contributed by atoms with Crippen LogP contribution in [-0.2, 0) is 51.9 Å². The molecule has 0 aromatic carbocycles. The zero-order valence-corrected chi connectivity index (χ0v) is 13.2. The van der Waals surface area contributed by atoms with Gasteiger partial charge in [-0.2, -0.15) is 0 Å². The van der Waals surface area contributed by atoms with Crippen LogP contribution >= 0.6 is 0 Å². The van der Waals surface area contributed by atoms with Gasteiger partial charge in [0.25, 0.3) is 0 Å². The standard InChI is InChI=1S/2C5H9NO2S.Fe/c2*1-2-6-4(3-9)5(7)8;/h2*2,4,9H,3H2,1H3,(H,7,8);/q;;+2/p-2. The fourth-order valence-electron chi connectivity index (χ4n) is 0.716. The van der Waals surface area contributed by atoms with Gasteiger partial charge in [-0.25, -0.2) is 9.59 Å². The average Bonchev–Trinajstić information content (AvgIpc) is 2.32. The van der Waals surface area contributed by atoms with Crippen molar-refractivity contribution in [2.75, 3.05) is 11.5 Å². The summed E-state index contributed by atoms with van der Waals surface area (Å²) in [6.45, 7) is 3.34. The second kappa shape index (κ2) is 15.6. The molecule has 0 fully saturated rings. The Balaban J connectivity index is -0.000000256. The van der Waals surface area contributed by atoms with E-state index in [-0.39, 0.29) is 28.6 Å². The van der Waals surface area contributed by atoms with E-state index in [2.05, 4.69) is 35.2 Å². The number of hydrogen-bond acceptors (Lipinski definition) is 6. The van der Waals surface area contributed by atoms with Crippen LogP contribution < -0.4 is 0 Å². The van der Waals surface area contributed by atoms with Crippen LogP contribution in [0, 0.1) is 0 Å². The van der Waals surface area contributed by atoms with Crippen LogP contribution in [0.1, 0.15) is 13.8 Å². The Hall–Kier alpha value is -0.501. The van der Waals surface area contributed by atoms with Gasteiger partial charge in [0.2, 0.25) is 0 Å². The molecule has 0 aliphatic carbocycles. The molecule has 9 heteroatoms. The van der Waals surface area contributed by atoms with Crippen molar-refractivity contribution in [1.29, 1.82) is 0 Å². The molecule has 0 saturated heterocycles. The van der Waals surface area contributed by atoms with Crippen LogP contribution in [0.2, 0.25) is 0 Å².